The van der Waals surface area contributed by atoms with E-state index in [2.05, 4.69) is 53.5 Å². The second kappa shape index (κ2) is 43.8. The molecule has 416 valence electrons. The molecule has 0 aliphatic carbocycles. The van der Waals surface area contributed by atoms with E-state index >= 15 is 0 Å². The van der Waals surface area contributed by atoms with Crippen LogP contribution in [0.4, 0.5) is 11.4 Å². The molecule has 3 aromatic rings. The Morgan fingerprint density at radius 2 is 0.907 bits per heavy atom. The van der Waals surface area contributed by atoms with Crippen LogP contribution < -0.4 is 30.7 Å². The van der Waals surface area contributed by atoms with Gasteiger partial charge in [-0.05, 0) is 99.7 Å². The number of ether oxygens (including phenoxy) is 3. The molecule has 0 fully saturated rings. The van der Waals surface area contributed by atoms with Crippen molar-refractivity contribution in [2.24, 2.45) is 0 Å². The van der Waals surface area contributed by atoms with Crippen LogP contribution in [0.3, 0.4) is 0 Å². The van der Waals surface area contributed by atoms with Gasteiger partial charge in [0, 0.05) is 30.9 Å². The standard InChI is InChI=1S/C64H98N4O7/c1-4-7-10-13-16-19-23-27-35-46-65-63(71)57-51-56(43-45-59(57)74-49-38-30-25-21-18-20-24-28-36-47-73-53-54-39-32-31-33-40-54)68-62(70)52-66-64(72)58-50-55(42-44-60(58)75-48-37-29-15-12-9-6-3)67-61(69)41-34-26-22-17-14-11-8-5-2/h4-5,31-33,39-40,42-45,50-51H,1-2,6-30,34-38,41,46-49,52-53H2,3H3,(H,65,71)(H,66,72)(H,67,69)(H,68,70). The van der Waals surface area contributed by atoms with Crippen LogP contribution >= 0.6 is 0 Å². The number of benzene rings is 3. The number of unbranched alkanes of at least 4 members (excludes halogenated alkanes) is 26. The number of hydrogen-bond acceptors (Lipinski definition) is 7. The van der Waals surface area contributed by atoms with Crippen molar-refractivity contribution in [3.63, 3.8) is 0 Å². The van der Waals surface area contributed by atoms with Crippen LogP contribution in [-0.4, -0.2) is 56.5 Å². The SMILES string of the molecule is C=CCCCCCCCCCNC(=O)c1cc(NC(=O)CNC(=O)c2cc(NC(=O)CCCCCCCCC=C)ccc2OCCCCCCCC)ccc1OCCCCCCCCCCCOCc1ccccc1. The molecule has 0 spiro atoms. The minimum Gasteiger partial charge on any atom is -0.493 e. The minimum atomic E-state index is -0.497. The van der Waals surface area contributed by atoms with Gasteiger partial charge in [0.2, 0.25) is 11.8 Å². The van der Waals surface area contributed by atoms with Gasteiger partial charge in [-0.25, -0.2) is 0 Å². The summed E-state index contributed by atoms with van der Waals surface area (Å²) in [6.07, 6.45) is 37.5. The first-order valence-electron chi connectivity index (χ1n) is 29.4. The van der Waals surface area contributed by atoms with Crippen LogP contribution in [0.25, 0.3) is 0 Å². The quantitative estimate of drug-likeness (QED) is 0.0326. The summed E-state index contributed by atoms with van der Waals surface area (Å²) in [5.74, 6) is -0.449. The lowest BCUT2D eigenvalue weighted by atomic mass is 10.1. The van der Waals surface area contributed by atoms with Gasteiger partial charge in [0.15, 0.2) is 0 Å². The number of allylic oxidation sites excluding steroid dienone is 2. The van der Waals surface area contributed by atoms with Crippen molar-refractivity contribution in [1.82, 2.24) is 10.6 Å². The third-order valence-corrected chi connectivity index (χ3v) is 13.4. The molecule has 0 aliphatic heterocycles. The van der Waals surface area contributed by atoms with Crippen molar-refractivity contribution < 1.29 is 33.4 Å². The van der Waals surface area contributed by atoms with Gasteiger partial charge in [0.1, 0.15) is 11.5 Å². The van der Waals surface area contributed by atoms with Crippen molar-refractivity contribution in [3.8, 4) is 11.5 Å². The van der Waals surface area contributed by atoms with Crippen LogP contribution in [-0.2, 0) is 20.9 Å². The highest BCUT2D eigenvalue weighted by molar-refractivity contribution is 6.03. The topological polar surface area (TPSA) is 144 Å². The molecule has 0 atom stereocenters. The van der Waals surface area contributed by atoms with Crippen molar-refractivity contribution in [3.05, 3.63) is 109 Å². The predicted octanol–water partition coefficient (Wildman–Crippen LogP) is 16.2. The fraction of sp³-hybridized carbons (Fsp3) is 0.594. The highest BCUT2D eigenvalue weighted by Crippen LogP contribution is 2.26. The molecule has 4 amide bonds. The Hall–Kier alpha value is -5.42. The lowest BCUT2D eigenvalue weighted by molar-refractivity contribution is -0.116. The third-order valence-electron chi connectivity index (χ3n) is 13.4. The molecular weight excluding hydrogens is 937 g/mol. The van der Waals surface area contributed by atoms with Gasteiger partial charge in [0.25, 0.3) is 11.8 Å². The first kappa shape index (κ1) is 63.9. The molecule has 11 nitrogen and oxygen atoms in total. The average Bonchev–Trinajstić information content (AvgIpc) is 3.42. The van der Waals surface area contributed by atoms with Crippen molar-refractivity contribution in [2.75, 3.05) is 43.5 Å². The maximum atomic E-state index is 13.8. The van der Waals surface area contributed by atoms with Gasteiger partial charge in [-0.1, -0.05) is 184 Å². The molecule has 3 aromatic carbocycles. The molecular formula is C64H98N4O7. The molecule has 0 radical (unpaired) electrons. The molecule has 0 bridgehead atoms. The molecule has 11 heteroatoms. The monoisotopic (exact) mass is 1030 g/mol. The number of rotatable bonds is 48. The van der Waals surface area contributed by atoms with Gasteiger partial charge in [-0.15, -0.1) is 13.2 Å². The molecule has 0 aromatic heterocycles. The maximum absolute atomic E-state index is 13.8. The zero-order valence-corrected chi connectivity index (χ0v) is 46.4. The van der Waals surface area contributed by atoms with Crippen LogP contribution in [0, 0.1) is 0 Å². The number of nitrogens with one attached hydrogen (secondary N) is 4. The zero-order chi connectivity index (χ0) is 53.7. The molecule has 75 heavy (non-hydrogen) atoms. The Bertz CT molecular complexity index is 2010. The van der Waals surface area contributed by atoms with Gasteiger partial charge in [-0.2, -0.15) is 0 Å². The van der Waals surface area contributed by atoms with Gasteiger partial charge in [0.05, 0.1) is 37.5 Å². The molecule has 4 N–H and O–H groups in total. The number of anilines is 2. The Morgan fingerprint density at radius 3 is 1.43 bits per heavy atom. The Labute approximate surface area is 453 Å². The smallest absolute Gasteiger partial charge is 0.255 e. The van der Waals surface area contributed by atoms with E-state index in [4.69, 9.17) is 14.2 Å². The summed E-state index contributed by atoms with van der Waals surface area (Å²) in [5, 5.41) is 11.7. The zero-order valence-electron chi connectivity index (χ0n) is 46.4. The lowest BCUT2D eigenvalue weighted by Gasteiger charge is -2.15. The Kier molecular flexibility index (Phi) is 37.3. The first-order chi connectivity index (χ1) is 36.8. The molecule has 0 heterocycles. The summed E-state index contributed by atoms with van der Waals surface area (Å²) in [7, 11) is 0. The van der Waals surface area contributed by atoms with Gasteiger partial charge >= 0.3 is 0 Å². The highest BCUT2D eigenvalue weighted by Gasteiger charge is 2.18. The molecule has 3 rings (SSSR count). The van der Waals surface area contributed by atoms with E-state index in [1.54, 1.807) is 36.4 Å². The van der Waals surface area contributed by atoms with Crippen LogP contribution in [0.5, 0.6) is 11.5 Å². The summed E-state index contributed by atoms with van der Waals surface area (Å²) in [6.45, 7) is 12.4. The molecule has 0 saturated heterocycles. The second-order valence-electron chi connectivity index (χ2n) is 20.1. The van der Waals surface area contributed by atoms with Gasteiger partial charge < -0.3 is 35.5 Å². The van der Waals surface area contributed by atoms with Gasteiger partial charge in [-0.3, -0.25) is 19.2 Å². The van der Waals surface area contributed by atoms with E-state index in [0.717, 1.165) is 116 Å². The van der Waals surface area contributed by atoms with Crippen LogP contribution in [0.1, 0.15) is 232 Å². The lowest BCUT2D eigenvalue weighted by Crippen LogP contribution is -2.33. The average molecular weight is 1040 g/mol. The minimum absolute atomic E-state index is 0.108. The Balaban J connectivity index is 1.53. The fourth-order valence-electron chi connectivity index (χ4n) is 8.94. The second-order valence-corrected chi connectivity index (χ2v) is 20.1. The first-order valence-corrected chi connectivity index (χ1v) is 29.4. The van der Waals surface area contributed by atoms with Crippen molar-refractivity contribution in [2.45, 2.75) is 213 Å². The van der Waals surface area contributed by atoms with E-state index in [-0.39, 0.29) is 23.9 Å². The van der Waals surface area contributed by atoms with E-state index in [0.29, 0.717) is 61.2 Å². The summed E-state index contributed by atoms with van der Waals surface area (Å²) in [4.78, 5) is 53.8. The van der Waals surface area contributed by atoms with Crippen LogP contribution in [0.15, 0.2) is 92.0 Å². The number of amides is 4. The normalized spacial score (nSPS) is 10.9. The molecule has 0 unspecified atom stereocenters. The van der Waals surface area contributed by atoms with E-state index < -0.39 is 11.8 Å². The predicted molar refractivity (Wildman–Crippen MR) is 311 cm³/mol. The summed E-state index contributed by atoms with van der Waals surface area (Å²) >= 11 is 0. The van der Waals surface area contributed by atoms with E-state index in [1.807, 2.05) is 30.4 Å². The third kappa shape index (κ3) is 31.9. The Morgan fingerprint density at radius 1 is 0.467 bits per heavy atom. The highest BCUT2D eigenvalue weighted by atomic mass is 16.5. The fourth-order valence-corrected chi connectivity index (χ4v) is 8.94. The van der Waals surface area contributed by atoms with Crippen molar-refractivity contribution >= 4 is 35.0 Å². The molecule has 0 saturated carbocycles. The van der Waals surface area contributed by atoms with Crippen LogP contribution in [0.2, 0.25) is 0 Å². The number of hydrogen-bond donors (Lipinski definition) is 4. The largest absolute Gasteiger partial charge is 0.493 e. The summed E-state index contributed by atoms with van der Waals surface area (Å²) in [5.41, 5.74) is 2.73. The maximum Gasteiger partial charge on any atom is 0.255 e. The van der Waals surface area contributed by atoms with Crippen molar-refractivity contribution in [1.29, 1.82) is 0 Å². The van der Waals surface area contributed by atoms with E-state index in [1.165, 1.54) is 89.0 Å². The summed E-state index contributed by atoms with van der Waals surface area (Å²) in [6, 6.07) is 20.5. The number of carbonyl (C=O) groups excluding carboxylic acids is 4. The number of carbonyl (C=O) groups is 4. The molecule has 0 aliphatic rings. The van der Waals surface area contributed by atoms with E-state index in [9.17, 15) is 19.2 Å². The summed E-state index contributed by atoms with van der Waals surface area (Å²) < 4.78 is 18.2.